The number of ether oxygens (including phenoxy) is 2. The number of phosphoric ester groups is 1. The van der Waals surface area contributed by atoms with Gasteiger partial charge in [-0.2, -0.15) is 0 Å². The Kier molecular flexibility index (Phi) is 50.5. The zero-order valence-electron chi connectivity index (χ0n) is 46.8. The molecule has 0 aliphatic carbocycles. The molecule has 2 unspecified atom stereocenters. The predicted octanol–water partition coefficient (Wildman–Crippen LogP) is 17.4. The normalized spacial score (nSPS) is 14.0. The van der Waals surface area contributed by atoms with Crippen molar-refractivity contribution >= 4 is 19.8 Å². The second kappa shape index (κ2) is 52.8. The average Bonchev–Trinajstić information content (AvgIpc) is 3.34. The monoisotopic (exact) mass is 1030 g/mol. The lowest BCUT2D eigenvalue weighted by Crippen LogP contribution is -2.37. The molecule has 10 heteroatoms. The first kappa shape index (κ1) is 68.9. The van der Waals surface area contributed by atoms with Crippen LogP contribution in [-0.4, -0.2) is 70.0 Å². The minimum absolute atomic E-state index is 0.0379. The minimum Gasteiger partial charge on any atom is -0.756 e. The van der Waals surface area contributed by atoms with Crippen LogP contribution in [0.3, 0.4) is 0 Å². The smallest absolute Gasteiger partial charge is 0.306 e. The summed E-state index contributed by atoms with van der Waals surface area (Å²) in [7, 11) is 1.15. The van der Waals surface area contributed by atoms with E-state index in [1.807, 2.05) is 21.1 Å². The van der Waals surface area contributed by atoms with Crippen LogP contribution in [0.1, 0.15) is 232 Å². The van der Waals surface area contributed by atoms with Crippen LogP contribution in [0.2, 0.25) is 0 Å². The summed E-state index contributed by atoms with van der Waals surface area (Å²) in [6.45, 7) is 4.11. The van der Waals surface area contributed by atoms with Crippen LogP contribution in [0.5, 0.6) is 0 Å². The lowest BCUT2D eigenvalue weighted by molar-refractivity contribution is -0.870. The molecule has 0 aromatic rings. The molecule has 0 rings (SSSR count). The highest BCUT2D eigenvalue weighted by molar-refractivity contribution is 7.45. The Morgan fingerprint density at radius 1 is 0.444 bits per heavy atom. The Bertz CT molecular complexity index is 1540. The molecular formula is C62H108NO8P. The van der Waals surface area contributed by atoms with Gasteiger partial charge in [0, 0.05) is 12.8 Å². The SMILES string of the molecule is CC/C=C\C/C=C\C/C=C\C/C=C\C/C=C\C/C=C\C/C=C\CCCCCCCCCC(=O)OC(COC(=O)CCCCCCCCCCC/C=C\CCCCCCCC)COP(=O)([O-])OCC[N+](C)(C)C. The number of quaternary nitrogens is 1. The topological polar surface area (TPSA) is 111 Å². The maximum Gasteiger partial charge on any atom is 0.306 e. The molecule has 9 nitrogen and oxygen atoms in total. The Morgan fingerprint density at radius 2 is 0.792 bits per heavy atom. The molecule has 0 saturated heterocycles. The summed E-state index contributed by atoms with van der Waals surface area (Å²) >= 11 is 0. The number of hydrogen-bond donors (Lipinski definition) is 0. The first-order valence-corrected chi connectivity index (χ1v) is 30.4. The molecule has 414 valence electrons. The first-order chi connectivity index (χ1) is 35.0. The highest BCUT2D eigenvalue weighted by atomic mass is 31.2. The van der Waals surface area contributed by atoms with Gasteiger partial charge in [0.05, 0.1) is 27.7 Å². The summed E-state index contributed by atoms with van der Waals surface area (Å²) in [5, 5.41) is 0. The third-order valence-electron chi connectivity index (χ3n) is 12.1. The van der Waals surface area contributed by atoms with Crippen LogP contribution in [0, 0.1) is 0 Å². The molecule has 0 aliphatic rings. The van der Waals surface area contributed by atoms with E-state index in [9.17, 15) is 19.0 Å². The van der Waals surface area contributed by atoms with Gasteiger partial charge in [-0.25, -0.2) is 0 Å². The van der Waals surface area contributed by atoms with Gasteiger partial charge >= 0.3 is 11.9 Å². The van der Waals surface area contributed by atoms with Crippen molar-refractivity contribution in [2.24, 2.45) is 0 Å². The molecular weight excluding hydrogens is 918 g/mol. The van der Waals surface area contributed by atoms with E-state index in [0.29, 0.717) is 17.4 Å². The Hall–Kier alpha value is -3.07. The van der Waals surface area contributed by atoms with Gasteiger partial charge in [0.15, 0.2) is 6.10 Å². The highest BCUT2D eigenvalue weighted by Gasteiger charge is 2.21. The van der Waals surface area contributed by atoms with Crippen LogP contribution in [0.4, 0.5) is 0 Å². The maximum absolute atomic E-state index is 12.8. The highest BCUT2D eigenvalue weighted by Crippen LogP contribution is 2.38. The predicted molar refractivity (Wildman–Crippen MR) is 305 cm³/mol. The van der Waals surface area contributed by atoms with Gasteiger partial charge in [0.25, 0.3) is 7.82 Å². The van der Waals surface area contributed by atoms with Gasteiger partial charge in [-0.3, -0.25) is 14.2 Å². The lowest BCUT2D eigenvalue weighted by atomic mass is 10.1. The zero-order valence-corrected chi connectivity index (χ0v) is 47.7. The molecule has 0 aromatic heterocycles. The number of likely N-dealkylation sites (N-methyl/N-ethyl adjacent to an activating group) is 1. The quantitative estimate of drug-likeness (QED) is 0.0195. The largest absolute Gasteiger partial charge is 0.756 e. The standard InChI is InChI=1S/C62H108NO8P/c1-6-8-10-12-14-16-18-20-22-24-26-27-28-29-30-31-32-33-34-35-37-39-41-43-45-47-49-51-53-55-62(65)71-60(59-70-72(66,67)69-57-56-63(3,4)5)58-68-61(64)54-52-50-48-46-44-42-40-38-36-25-23-21-19-17-15-13-11-9-7-2/h8,10,14,16,20-23,26-27,29-30,32-33,35,37,60H,6-7,9,11-13,15,17-19,24-25,28,31,34,36,38-59H2,1-5H3/b10-8-,16-14-,22-20-,23-21-,27-26-,30-29-,33-32-,37-35-. The summed E-state index contributed by atoms with van der Waals surface area (Å²) in [6.07, 6.45) is 71.6. The molecule has 0 fully saturated rings. The van der Waals surface area contributed by atoms with Crippen molar-refractivity contribution in [2.75, 3.05) is 47.5 Å². The van der Waals surface area contributed by atoms with Crippen molar-refractivity contribution in [1.29, 1.82) is 0 Å². The van der Waals surface area contributed by atoms with Crippen LogP contribution < -0.4 is 4.89 Å². The number of phosphoric acid groups is 1. The number of rotatable bonds is 52. The van der Waals surface area contributed by atoms with Gasteiger partial charge in [-0.05, 0) is 96.3 Å². The van der Waals surface area contributed by atoms with Crippen molar-refractivity contribution in [1.82, 2.24) is 0 Å². The van der Waals surface area contributed by atoms with E-state index in [-0.39, 0.29) is 26.1 Å². The average molecular weight is 1030 g/mol. The Labute approximate surface area is 443 Å². The molecule has 2 atom stereocenters. The van der Waals surface area contributed by atoms with E-state index in [2.05, 4.69) is 111 Å². The van der Waals surface area contributed by atoms with Gasteiger partial charge in [-0.15, -0.1) is 0 Å². The van der Waals surface area contributed by atoms with Gasteiger partial charge < -0.3 is 27.9 Å². The summed E-state index contributed by atoms with van der Waals surface area (Å²) < 4.78 is 34.1. The fourth-order valence-electron chi connectivity index (χ4n) is 7.63. The molecule has 0 N–H and O–H groups in total. The van der Waals surface area contributed by atoms with Gasteiger partial charge in [0.2, 0.25) is 0 Å². The van der Waals surface area contributed by atoms with Crippen LogP contribution in [0.25, 0.3) is 0 Å². The molecule has 72 heavy (non-hydrogen) atoms. The van der Waals surface area contributed by atoms with E-state index < -0.39 is 32.5 Å². The molecule has 0 heterocycles. The molecule has 0 aromatic carbocycles. The number of hydrogen-bond acceptors (Lipinski definition) is 8. The number of esters is 2. The lowest BCUT2D eigenvalue weighted by Gasteiger charge is -2.28. The van der Waals surface area contributed by atoms with E-state index >= 15 is 0 Å². The van der Waals surface area contributed by atoms with Gasteiger partial charge in [0.1, 0.15) is 19.8 Å². The molecule has 0 saturated carbocycles. The fourth-order valence-corrected chi connectivity index (χ4v) is 8.36. The maximum atomic E-state index is 12.8. The summed E-state index contributed by atoms with van der Waals surface area (Å²) in [4.78, 5) is 37.9. The van der Waals surface area contributed by atoms with Crippen molar-refractivity contribution in [3.63, 3.8) is 0 Å². The minimum atomic E-state index is -4.64. The molecule has 0 spiro atoms. The van der Waals surface area contributed by atoms with Crippen LogP contribution in [-0.2, 0) is 32.7 Å². The number of carbonyl (C=O) groups excluding carboxylic acids is 2. The summed E-state index contributed by atoms with van der Waals surface area (Å²) in [5.74, 6) is -0.851. The summed E-state index contributed by atoms with van der Waals surface area (Å²) in [6, 6.07) is 0. The second-order valence-electron chi connectivity index (χ2n) is 20.3. The Balaban J connectivity index is 4.23. The number of carbonyl (C=O) groups is 2. The van der Waals surface area contributed by atoms with Crippen molar-refractivity contribution in [3.05, 3.63) is 97.2 Å². The van der Waals surface area contributed by atoms with Crippen molar-refractivity contribution in [3.8, 4) is 0 Å². The van der Waals surface area contributed by atoms with E-state index in [0.717, 1.165) is 89.9 Å². The second-order valence-corrected chi connectivity index (χ2v) is 21.7. The first-order valence-electron chi connectivity index (χ1n) is 28.9. The molecule has 0 radical (unpaired) electrons. The zero-order chi connectivity index (χ0) is 52.7. The van der Waals surface area contributed by atoms with Gasteiger partial charge in [-0.1, -0.05) is 220 Å². The van der Waals surface area contributed by atoms with Crippen molar-refractivity contribution in [2.45, 2.75) is 238 Å². The number of unbranched alkanes of at least 4 members (excludes halogenated alkanes) is 22. The molecule has 0 amide bonds. The third-order valence-corrected chi connectivity index (χ3v) is 13.1. The molecule has 0 aliphatic heterocycles. The summed E-state index contributed by atoms with van der Waals surface area (Å²) in [5.41, 5.74) is 0. The fraction of sp³-hybridized carbons (Fsp3) is 0.710. The third kappa shape index (κ3) is 56.2. The van der Waals surface area contributed by atoms with Crippen LogP contribution >= 0.6 is 7.82 Å². The van der Waals surface area contributed by atoms with Crippen LogP contribution in [0.15, 0.2) is 97.2 Å². The number of nitrogens with zero attached hydrogens (tertiary/aromatic N) is 1. The van der Waals surface area contributed by atoms with E-state index in [4.69, 9.17) is 18.5 Å². The molecule has 0 bridgehead atoms. The van der Waals surface area contributed by atoms with E-state index in [1.54, 1.807) is 0 Å². The number of allylic oxidation sites excluding steroid dienone is 16. The van der Waals surface area contributed by atoms with E-state index in [1.165, 1.54) is 109 Å². The van der Waals surface area contributed by atoms with Crippen molar-refractivity contribution < 1.29 is 42.1 Å². The Morgan fingerprint density at radius 3 is 1.19 bits per heavy atom.